The highest BCUT2D eigenvalue weighted by Crippen LogP contribution is 2.17. The summed E-state index contributed by atoms with van der Waals surface area (Å²) in [5.41, 5.74) is 1.07. The molecular formula is C13H23N5O. The minimum atomic E-state index is 0.203. The van der Waals surface area contributed by atoms with Crippen LogP contribution in [0, 0.1) is 6.92 Å². The summed E-state index contributed by atoms with van der Waals surface area (Å²) in [6.07, 6.45) is 3.05. The molecule has 1 aromatic heterocycles. The third-order valence-electron chi connectivity index (χ3n) is 3.40. The van der Waals surface area contributed by atoms with Crippen molar-refractivity contribution < 1.29 is 4.74 Å². The average molecular weight is 265 g/mol. The summed E-state index contributed by atoms with van der Waals surface area (Å²) < 4.78 is 5.51. The minimum Gasteiger partial charge on any atom is -0.379 e. The van der Waals surface area contributed by atoms with Gasteiger partial charge in [-0.3, -0.25) is 0 Å². The van der Waals surface area contributed by atoms with Crippen molar-refractivity contribution in [2.45, 2.75) is 25.5 Å². The van der Waals surface area contributed by atoms with Gasteiger partial charge in [-0.2, -0.15) is 4.98 Å². The standard InChI is InChI=1S/C13H23N5O/c1-9-7-15-13(17-12(9)18(2)3)16-10-8-14-6-5-11(10)19-4/h7,10-11,14H,5-6,8H2,1-4H3,(H,15,16,17)/t10-,11+/m0/s1. The third kappa shape index (κ3) is 3.33. The lowest BCUT2D eigenvalue weighted by Gasteiger charge is -2.31. The lowest BCUT2D eigenvalue weighted by Crippen LogP contribution is -2.49. The molecule has 0 aliphatic carbocycles. The molecule has 1 fully saturated rings. The molecule has 1 aromatic rings. The molecule has 1 aliphatic rings. The number of hydrogen-bond acceptors (Lipinski definition) is 6. The van der Waals surface area contributed by atoms with Crippen LogP contribution in [0.3, 0.4) is 0 Å². The molecule has 0 bridgehead atoms. The number of ether oxygens (including phenoxy) is 1. The van der Waals surface area contributed by atoms with Crippen LogP contribution in [0.25, 0.3) is 0 Å². The van der Waals surface area contributed by atoms with Gasteiger partial charge in [-0.25, -0.2) is 4.98 Å². The zero-order valence-corrected chi connectivity index (χ0v) is 12.1. The van der Waals surface area contributed by atoms with Crippen molar-refractivity contribution >= 4 is 11.8 Å². The Morgan fingerprint density at radius 3 is 2.95 bits per heavy atom. The predicted molar refractivity (Wildman–Crippen MR) is 76.8 cm³/mol. The highest BCUT2D eigenvalue weighted by atomic mass is 16.5. The number of hydrogen-bond donors (Lipinski definition) is 2. The van der Waals surface area contributed by atoms with Crippen molar-refractivity contribution in [3.05, 3.63) is 11.8 Å². The number of methoxy groups -OCH3 is 1. The van der Waals surface area contributed by atoms with Crippen LogP contribution in [0.1, 0.15) is 12.0 Å². The third-order valence-corrected chi connectivity index (χ3v) is 3.40. The minimum absolute atomic E-state index is 0.203. The van der Waals surface area contributed by atoms with E-state index in [0.717, 1.165) is 30.9 Å². The number of nitrogens with one attached hydrogen (secondary N) is 2. The van der Waals surface area contributed by atoms with Crippen molar-refractivity contribution in [3.63, 3.8) is 0 Å². The van der Waals surface area contributed by atoms with Gasteiger partial charge >= 0.3 is 0 Å². The predicted octanol–water partition coefficient (Wildman–Crippen LogP) is 0.640. The molecule has 0 saturated carbocycles. The topological polar surface area (TPSA) is 62.3 Å². The zero-order chi connectivity index (χ0) is 13.8. The summed E-state index contributed by atoms with van der Waals surface area (Å²) in [5, 5.41) is 6.73. The first-order chi connectivity index (χ1) is 9.11. The number of rotatable bonds is 4. The van der Waals surface area contributed by atoms with Gasteiger partial charge in [0, 0.05) is 39.5 Å². The molecule has 1 aliphatic heterocycles. The number of aryl methyl sites for hydroxylation is 1. The van der Waals surface area contributed by atoms with E-state index in [2.05, 4.69) is 20.6 Å². The van der Waals surface area contributed by atoms with Gasteiger partial charge in [-0.15, -0.1) is 0 Å². The summed E-state index contributed by atoms with van der Waals surface area (Å²) in [7, 11) is 5.73. The van der Waals surface area contributed by atoms with Crippen molar-refractivity contribution in [2.24, 2.45) is 0 Å². The smallest absolute Gasteiger partial charge is 0.224 e. The van der Waals surface area contributed by atoms with Crippen LogP contribution in [-0.2, 0) is 4.74 Å². The largest absolute Gasteiger partial charge is 0.379 e. The maximum absolute atomic E-state index is 5.51. The molecule has 2 heterocycles. The van der Waals surface area contributed by atoms with Crippen LogP contribution >= 0.6 is 0 Å². The summed E-state index contributed by atoms with van der Waals surface area (Å²) in [5.74, 6) is 1.60. The second kappa shape index (κ2) is 6.16. The summed E-state index contributed by atoms with van der Waals surface area (Å²) in [6, 6.07) is 0.205. The average Bonchev–Trinajstić information content (AvgIpc) is 2.41. The van der Waals surface area contributed by atoms with E-state index in [1.807, 2.05) is 32.1 Å². The number of nitrogens with zero attached hydrogens (tertiary/aromatic N) is 3. The molecule has 2 rings (SSSR count). The summed E-state index contributed by atoms with van der Waals surface area (Å²) >= 11 is 0. The normalized spacial score (nSPS) is 23.2. The lowest BCUT2D eigenvalue weighted by molar-refractivity contribution is 0.0663. The van der Waals surface area contributed by atoms with Gasteiger partial charge in [0.05, 0.1) is 12.1 Å². The van der Waals surface area contributed by atoms with Crippen LogP contribution in [-0.4, -0.2) is 56.4 Å². The lowest BCUT2D eigenvalue weighted by atomic mass is 10.0. The van der Waals surface area contributed by atoms with Crippen LogP contribution in [0.2, 0.25) is 0 Å². The Hall–Kier alpha value is -1.40. The quantitative estimate of drug-likeness (QED) is 0.833. The molecule has 2 atom stereocenters. The molecule has 1 saturated heterocycles. The van der Waals surface area contributed by atoms with E-state index in [4.69, 9.17) is 4.74 Å². The molecule has 0 radical (unpaired) electrons. The van der Waals surface area contributed by atoms with Gasteiger partial charge in [0.1, 0.15) is 5.82 Å². The first kappa shape index (κ1) is 14.0. The van der Waals surface area contributed by atoms with Crippen LogP contribution in [0.15, 0.2) is 6.20 Å². The zero-order valence-electron chi connectivity index (χ0n) is 12.1. The van der Waals surface area contributed by atoms with E-state index >= 15 is 0 Å². The fourth-order valence-electron chi connectivity index (χ4n) is 2.38. The molecular weight excluding hydrogens is 242 g/mol. The highest BCUT2D eigenvalue weighted by Gasteiger charge is 2.25. The van der Waals surface area contributed by atoms with Gasteiger partial charge < -0.3 is 20.3 Å². The summed E-state index contributed by atoms with van der Waals surface area (Å²) in [6.45, 7) is 3.88. The Bertz CT molecular complexity index is 423. The molecule has 2 N–H and O–H groups in total. The second-order valence-corrected chi connectivity index (χ2v) is 5.11. The maximum atomic E-state index is 5.51. The molecule has 0 aromatic carbocycles. The number of anilines is 2. The van der Waals surface area contributed by atoms with Crippen LogP contribution in [0.4, 0.5) is 11.8 Å². The Kier molecular flexibility index (Phi) is 4.55. The van der Waals surface area contributed by atoms with Crippen molar-refractivity contribution in [3.8, 4) is 0 Å². The van der Waals surface area contributed by atoms with Gasteiger partial charge in [0.15, 0.2) is 0 Å². The van der Waals surface area contributed by atoms with E-state index in [1.165, 1.54) is 0 Å². The monoisotopic (exact) mass is 265 g/mol. The van der Waals surface area contributed by atoms with E-state index < -0.39 is 0 Å². The Labute approximate surface area is 114 Å². The maximum Gasteiger partial charge on any atom is 0.224 e. The van der Waals surface area contributed by atoms with E-state index in [1.54, 1.807) is 7.11 Å². The van der Waals surface area contributed by atoms with Gasteiger partial charge in [0.2, 0.25) is 5.95 Å². The first-order valence-corrected chi connectivity index (χ1v) is 6.63. The molecule has 6 heteroatoms. The molecule has 0 unspecified atom stereocenters. The Balaban J connectivity index is 2.11. The van der Waals surface area contributed by atoms with Crippen molar-refractivity contribution in [2.75, 3.05) is 44.5 Å². The molecule has 106 valence electrons. The van der Waals surface area contributed by atoms with Gasteiger partial charge in [0.25, 0.3) is 0 Å². The Morgan fingerprint density at radius 1 is 1.47 bits per heavy atom. The van der Waals surface area contributed by atoms with Crippen LogP contribution < -0.4 is 15.5 Å². The summed E-state index contributed by atoms with van der Waals surface area (Å²) in [4.78, 5) is 10.9. The fourth-order valence-corrected chi connectivity index (χ4v) is 2.38. The van der Waals surface area contributed by atoms with Crippen molar-refractivity contribution in [1.29, 1.82) is 0 Å². The van der Waals surface area contributed by atoms with Crippen molar-refractivity contribution in [1.82, 2.24) is 15.3 Å². The van der Waals surface area contributed by atoms with E-state index in [-0.39, 0.29) is 12.1 Å². The SMILES string of the molecule is CO[C@@H]1CCNC[C@@H]1Nc1ncc(C)c(N(C)C)n1. The molecule has 19 heavy (non-hydrogen) atoms. The molecule has 6 nitrogen and oxygen atoms in total. The van der Waals surface area contributed by atoms with Gasteiger partial charge in [-0.1, -0.05) is 0 Å². The number of piperidine rings is 1. The molecule has 0 amide bonds. The molecule has 0 spiro atoms. The second-order valence-electron chi connectivity index (χ2n) is 5.11. The van der Waals surface area contributed by atoms with Crippen LogP contribution in [0.5, 0.6) is 0 Å². The van der Waals surface area contributed by atoms with E-state index in [9.17, 15) is 0 Å². The highest BCUT2D eigenvalue weighted by molar-refractivity contribution is 5.47. The Morgan fingerprint density at radius 2 is 2.26 bits per heavy atom. The van der Waals surface area contributed by atoms with E-state index in [0.29, 0.717) is 5.95 Å². The van der Waals surface area contributed by atoms with Gasteiger partial charge in [-0.05, 0) is 19.9 Å². The first-order valence-electron chi connectivity index (χ1n) is 6.63. The number of aromatic nitrogens is 2. The fraction of sp³-hybridized carbons (Fsp3) is 0.692.